The summed E-state index contributed by atoms with van der Waals surface area (Å²) in [5, 5.41) is 5.83. The highest BCUT2D eigenvalue weighted by molar-refractivity contribution is 9.10. The maximum absolute atomic E-state index is 12.5. The van der Waals surface area contributed by atoms with Crippen LogP contribution in [-0.2, 0) is 4.79 Å². The number of hydrogen-bond acceptors (Lipinski definition) is 3. The lowest BCUT2D eigenvalue weighted by Gasteiger charge is -2.11. The van der Waals surface area contributed by atoms with E-state index in [1.54, 1.807) is 11.3 Å². The number of anilines is 1. The number of benzene rings is 1. The molecule has 0 unspecified atom stereocenters. The molecule has 5 heteroatoms. The molecule has 2 aromatic rings. The minimum Gasteiger partial charge on any atom is -0.267 e. The number of carbonyl (C=O) groups excluding carboxylic acids is 1. The second-order valence-electron chi connectivity index (χ2n) is 4.79. The van der Waals surface area contributed by atoms with E-state index in [0.717, 1.165) is 20.7 Å². The predicted octanol–water partition coefficient (Wildman–Crippen LogP) is 4.63. The first-order valence-electron chi connectivity index (χ1n) is 6.48. The fourth-order valence-corrected chi connectivity index (χ4v) is 3.20. The molecule has 1 amide bonds. The highest BCUT2D eigenvalue weighted by Crippen LogP contribution is 2.27. The zero-order valence-corrected chi connectivity index (χ0v) is 14.0. The van der Waals surface area contributed by atoms with Gasteiger partial charge in [0.1, 0.15) is 0 Å². The normalized spacial score (nSPS) is 16.7. The highest BCUT2D eigenvalue weighted by atomic mass is 79.9. The van der Waals surface area contributed by atoms with Crippen molar-refractivity contribution in [2.24, 2.45) is 5.10 Å². The summed E-state index contributed by atoms with van der Waals surface area (Å²) in [6.07, 6.45) is 1.91. The largest absolute Gasteiger partial charge is 0.280 e. The fraction of sp³-hybridized carbons (Fsp3) is 0.125. The molecule has 0 radical (unpaired) electrons. The number of aryl methyl sites for hydroxylation is 1. The lowest BCUT2D eigenvalue weighted by molar-refractivity contribution is -0.114. The Morgan fingerprint density at radius 2 is 1.86 bits per heavy atom. The molecule has 1 aromatic heterocycles. The average molecular weight is 361 g/mol. The van der Waals surface area contributed by atoms with Crippen molar-refractivity contribution >= 4 is 50.6 Å². The summed E-state index contributed by atoms with van der Waals surface area (Å²) >= 11 is 5.06. The Morgan fingerprint density at radius 1 is 1.14 bits per heavy atom. The average Bonchev–Trinajstić information content (AvgIpc) is 2.98. The quantitative estimate of drug-likeness (QED) is 0.718. The number of rotatable bonds is 2. The van der Waals surface area contributed by atoms with E-state index in [-0.39, 0.29) is 5.91 Å². The maximum Gasteiger partial charge on any atom is 0.280 e. The van der Waals surface area contributed by atoms with Crippen LogP contribution < -0.4 is 5.01 Å². The molecule has 0 saturated heterocycles. The monoisotopic (exact) mass is 360 g/mol. The Balaban J connectivity index is 1.93. The van der Waals surface area contributed by atoms with E-state index >= 15 is 0 Å². The summed E-state index contributed by atoms with van der Waals surface area (Å²) < 4.78 is 0.975. The van der Waals surface area contributed by atoms with Crippen LogP contribution in [0.4, 0.5) is 5.69 Å². The van der Waals surface area contributed by atoms with E-state index in [1.807, 2.05) is 43.3 Å². The molecule has 21 heavy (non-hydrogen) atoms. The summed E-state index contributed by atoms with van der Waals surface area (Å²) in [6, 6.07) is 11.6. The fourth-order valence-electron chi connectivity index (χ4n) is 2.11. The summed E-state index contributed by atoms with van der Waals surface area (Å²) in [6.45, 7) is 3.92. The minimum atomic E-state index is -0.0825. The molecule has 1 aromatic carbocycles. The molecule has 3 rings (SSSR count). The minimum absolute atomic E-state index is 0.0825. The highest BCUT2D eigenvalue weighted by Gasteiger charge is 2.28. The van der Waals surface area contributed by atoms with Crippen molar-refractivity contribution < 1.29 is 4.79 Å². The SMILES string of the molecule is CC1=NN(c2ccc(Br)cc2)C(=O)/C1=C\c1ccc(C)s1. The third-order valence-electron chi connectivity index (χ3n) is 3.18. The van der Waals surface area contributed by atoms with Crippen LogP contribution in [0.1, 0.15) is 16.7 Å². The van der Waals surface area contributed by atoms with Crippen LogP contribution in [0.3, 0.4) is 0 Å². The van der Waals surface area contributed by atoms with Crippen LogP contribution in [-0.4, -0.2) is 11.6 Å². The predicted molar refractivity (Wildman–Crippen MR) is 91.8 cm³/mol. The van der Waals surface area contributed by atoms with Crippen LogP contribution in [0.2, 0.25) is 0 Å². The molecule has 106 valence electrons. The summed E-state index contributed by atoms with van der Waals surface area (Å²) in [7, 11) is 0. The number of thiophene rings is 1. The van der Waals surface area contributed by atoms with Gasteiger partial charge in [0.2, 0.25) is 0 Å². The Morgan fingerprint density at radius 3 is 2.48 bits per heavy atom. The molecule has 0 atom stereocenters. The molecule has 3 nitrogen and oxygen atoms in total. The van der Waals surface area contributed by atoms with Crippen LogP contribution in [0, 0.1) is 6.92 Å². The van der Waals surface area contributed by atoms with Crippen molar-refractivity contribution in [3.8, 4) is 0 Å². The number of halogens is 1. The molecule has 1 aliphatic rings. The first-order chi connectivity index (χ1) is 10.0. The van der Waals surface area contributed by atoms with Gasteiger partial charge in [-0.2, -0.15) is 10.1 Å². The van der Waals surface area contributed by atoms with E-state index < -0.39 is 0 Å². The number of hydrazone groups is 1. The maximum atomic E-state index is 12.5. The molecule has 1 aliphatic heterocycles. The number of amides is 1. The van der Waals surface area contributed by atoms with Gasteiger partial charge in [-0.1, -0.05) is 15.9 Å². The van der Waals surface area contributed by atoms with Gasteiger partial charge in [0.15, 0.2) is 0 Å². The number of hydrogen-bond donors (Lipinski definition) is 0. The smallest absolute Gasteiger partial charge is 0.267 e. The van der Waals surface area contributed by atoms with Gasteiger partial charge >= 0.3 is 0 Å². The van der Waals surface area contributed by atoms with Gasteiger partial charge in [0.25, 0.3) is 5.91 Å². The Labute approximate surface area is 135 Å². The van der Waals surface area contributed by atoms with E-state index in [9.17, 15) is 4.79 Å². The van der Waals surface area contributed by atoms with Gasteiger partial charge in [-0.3, -0.25) is 4.79 Å². The van der Waals surface area contributed by atoms with Gasteiger partial charge in [0, 0.05) is 14.2 Å². The molecule has 0 fully saturated rings. The molecule has 0 aliphatic carbocycles. The summed E-state index contributed by atoms with van der Waals surface area (Å²) in [5.41, 5.74) is 2.17. The van der Waals surface area contributed by atoms with Crippen molar-refractivity contribution in [2.45, 2.75) is 13.8 Å². The molecule has 2 heterocycles. The molecule has 0 spiro atoms. The molecule has 0 N–H and O–H groups in total. The molecule has 0 bridgehead atoms. The third-order valence-corrected chi connectivity index (χ3v) is 4.66. The van der Waals surface area contributed by atoms with Crippen LogP contribution >= 0.6 is 27.3 Å². The Bertz CT molecular complexity index is 759. The van der Waals surface area contributed by atoms with Crippen LogP contribution in [0.25, 0.3) is 6.08 Å². The standard InChI is InChI=1S/C16H13BrN2OS/c1-10-3-8-14(21-10)9-15-11(2)18-19(16(15)20)13-6-4-12(17)5-7-13/h3-9H,1-2H3/b15-9-. The first kappa shape index (κ1) is 14.2. The topological polar surface area (TPSA) is 32.7 Å². The van der Waals surface area contributed by atoms with E-state index in [2.05, 4.69) is 34.0 Å². The van der Waals surface area contributed by atoms with Crippen molar-refractivity contribution in [3.05, 3.63) is 56.2 Å². The second kappa shape index (κ2) is 5.58. The number of carbonyl (C=O) groups is 1. The molecular formula is C16H13BrN2OS. The zero-order valence-electron chi connectivity index (χ0n) is 11.6. The lowest BCUT2D eigenvalue weighted by atomic mass is 10.1. The van der Waals surface area contributed by atoms with Gasteiger partial charge in [-0.05, 0) is 56.3 Å². The van der Waals surface area contributed by atoms with Gasteiger partial charge in [0.05, 0.1) is 17.0 Å². The van der Waals surface area contributed by atoms with Gasteiger partial charge < -0.3 is 0 Å². The van der Waals surface area contributed by atoms with Gasteiger partial charge in [-0.15, -0.1) is 11.3 Å². The Kier molecular flexibility index (Phi) is 3.78. The lowest BCUT2D eigenvalue weighted by Crippen LogP contribution is -2.21. The van der Waals surface area contributed by atoms with Crippen LogP contribution in [0.15, 0.2) is 51.5 Å². The van der Waals surface area contributed by atoms with Crippen molar-refractivity contribution in [3.63, 3.8) is 0 Å². The molecule has 0 saturated carbocycles. The molecular weight excluding hydrogens is 348 g/mol. The summed E-state index contributed by atoms with van der Waals surface area (Å²) in [5.74, 6) is -0.0825. The second-order valence-corrected chi connectivity index (χ2v) is 7.02. The van der Waals surface area contributed by atoms with Crippen molar-refractivity contribution in [1.82, 2.24) is 0 Å². The van der Waals surface area contributed by atoms with E-state index in [0.29, 0.717) is 5.57 Å². The van der Waals surface area contributed by atoms with E-state index in [4.69, 9.17) is 0 Å². The zero-order chi connectivity index (χ0) is 15.0. The summed E-state index contributed by atoms with van der Waals surface area (Å²) in [4.78, 5) is 14.8. The van der Waals surface area contributed by atoms with Crippen molar-refractivity contribution in [2.75, 3.05) is 5.01 Å². The van der Waals surface area contributed by atoms with Crippen molar-refractivity contribution in [1.29, 1.82) is 0 Å². The third kappa shape index (κ3) is 2.84. The Hall–Kier alpha value is -1.72. The van der Waals surface area contributed by atoms with Crippen LogP contribution in [0.5, 0.6) is 0 Å². The van der Waals surface area contributed by atoms with Gasteiger partial charge in [-0.25, -0.2) is 0 Å². The number of nitrogens with zero attached hydrogens (tertiary/aromatic N) is 2. The first-order valence-corrected chi connectivity index (χ1v) is 8.09. The van der Waals surface area contributed by atoms with E-state index in [1.165, 1.54) is 9.89 Å².